The molecule has 28 heavy (non-hydrogen) atoms. The molecular formula is C21H29NO6. The van der Waals surface area contributed by atoms with Gasteiger partial charge in [-0.05, 0) is 37.3 Å². The maximum atomic E-state index is 13.1. The van der Waals surface area contributed by atoms with E-state index in [-0.39, 0.29) is 36.2 Å². The minimum Gasteiger partial charge on any atom is -0.461 e. The van der Waals surface area contributed by atoms with Crippen molar-refractivity contribution >= 4 is 11.8 Å². The van der Waals surface area contributed by atoms with Crippen LogP contribution in [0.15, 0.2) is 16.5 Å². The fraction of sp³-hybridized carbons (Fsp3) is 0.714. The van der Waals surface area contributed by atoms with Gasteiger partial charge in [-0.15, -0.1) is 0 Å². The molecule has 2 aliphatic heterocycles. The molecule has 2 N–H and O–H groups in total. The van der Waals surface area contributed by atoms with E-state index in [1.807, 2.05) is 20.8 Å². The second kappa shape index (κ2) is 6.97. The Kier molecular flexibility index (Phi) is 4.88. The summed E-state index contributed by atoms with van der Waals surface area (Å²) in [4.78, 5) is 27.4. The van der Waals surface area contributed by atoms with Crippen molar-refractivity contribution in [3.05, 3.63) is 23.7 Å². The summed E-state index contributed by atoms with van der Waals surface area (Å²) in [6.45, 7) is 6.18. The number of fused-ring (bicyclic) bond motifs is 3. The third-order valence-electron chi connectivity index (χ3n) is 6.78. The molecule has 2 amide bonds. The molecule has 3 heterocycles. The standard InChI is InChI=1S/C21H29NO6/c1-4-7-22-19(24)13-8-14(11(2)3)21(26)15(18(13)20(22)25)9-17(28-21)16-6-5-12(10-23)27-16/h5-6,11,13-15,17-18,23,26H,4,7-10H2,1-3H3/t13-,14+,15-,17-,18-,21+/m0/s1. The lowest BCUT2D eigenvalue weighted by molar-refractivity contribution is -0.277. The molecule has 7 nitrogen and oxygen atoms in total. The molecule has 1 aromatic rings. The minimum absolute atomic E-state index is 0.0972. The van der Waals surface area contributed by atoms with Crippen LogP contribution in [0.1, 0.15) is 57.7 Å². The lowest BCUT2D eigenvalue weighted by atomic mass is 9.62. The Morgan fingerprint density at radius 1 is 1.25 bits per heavy atom. The van der Waals surface area contributed by atoms with Crippen LogP contribution in [0.5, 0.6) is 0 Å². The molecule has 0 spiro atoms. The van der Waals surface area contributed by atoms with Gasteiger partial charge in [0.15, 0.2) is 5.79 Å². The Morgan fingerprint density at radius 2 is 2.00 bits per heavy atom. The van der Waals surface area contributed by atoms with Gasteiger partial charge in [0.2, 0.25) is 11.8 Å². The first-order valence-corrected chi connectivity index (χ1v) is 10.3. The number of nitrogens with zero attached hydrogens (tertiary/aromatic N) is 1. The van der Waals surface area contributed by atoms with Crippen LogP contribution in [-0.2, 0) is 20.9 Å². The van der Waals surface area contributed by atoms with Crippen molar-refractivity contribution in [2.45, 2.75) is 58.5 Å². The highest BCUT2D eigenvalue weighted by Gasteiger charge is 2.67. The molecule has 1 aliphatic carbocycles. The fourth-order valence-corrected chi connectivity index (χ4v) is 5.51. The molecule has 0 unspecified atom stereocenters. The predicted octanol–water partition coefficient (Wildman–Crippen LogP) is 2.23. The minimum atomic E-state index is -1.47. The Morgan fingerprint density at radius 3 is 2.61 bits per heavy atom. The number of aliphatic hydroxyl groups excluding tert-OH is 1. The zero-order chi connectivity index (χ0) is 20.2. The molecule has 0 radical (unpaired) electrons. The average molecular weight is 391 g/mol. The molecule has 4 rings (SSSR count). The zero-order valence-electron chi connectivity index (χ0n) is 16.6. The van der Waals surface area contributed by atoms with Crippen LogP contribution in [0, 0.1) is 29.6 Å². The van der Waals surface area contributed by atoms with Gasteiger partial charge in [-0.2, -0.15) is 0 Å². The van der Waals surface area contributed by atoms with Crippen LogP contribution in [-0.4, -0.2) is 39.3 Å². The van der Waals surface area contributed by atoms with Gasteiger partial charge >= 0.3 is 0 Å². The number of furan rings is 1. The topological polar surface area (TPSA) is 100 Å². The molecule has 7 heteroatoms. The first-order valence-electron chi connectivity index (χ1n) is 10.3. The lowest BCUT2D eigenvalue weighted by Crippen LogP contribution is -2.55. The maximum absolute atomic E-state index is 13.1. The normalized spacial score (nSPS) is 37.6. The number of hydrogen-bond acceptors (Lipinski definition) is 6. The van der Waals surface area contributed by atoms with Crippen molar-refractivity contribution in [2.24, 2.45) is 29.6 Å². The van der Waals surface area contributed by atoms with E-state index in [1.54, 1.807) is 12.1 Å². The highest BCUT2D eigenvalue weighted by Crippen LogP contribution is 2.59. The van der Waals surface area contributed by atoms with Crippen molar-refractivity contribution in [3.8, 4) is 0 Å². The van der Waals surface area contributed by atoms with Crippen molar-refractivity contribution < 1.29 is 29.0 Å². The summed E-state index contributed by atoms with van der Waals surface area (Å²) >= 11 is 0. The molecule has 1 aromatic heterocycles. The smallest absolute Gasteiger partial charge is 0.233 e. The SMILES string of the molecule is CCCN1C(=O)[C@H]2[C@H](C[C@H](C(C)C)[C@@]3(O)O[C@H](c4ccc(CO)o4)C[C@@H]23)C1=O. The molecule has 3 fully saturated rings. The summed E-state index contributed by atoms with van der Waals surface area (Å²) < 4.78 is 11.8. The van der Waals surface area contributed by atoms with Crippen LogP contribution in [0.25, 0.3) is 0 Å². The third kappa shape index (κ3) is 2.75. The van der Waals surface area contributed by atoms with Gasteiger partial charge in [-0.1, -0.05) is 20.8 Å². The van der Waals surface area contributed by atoms with Crippen molar-refractivity contribution in [1.82, 2.24) is 4.90 Å². The van der Waals surface area contributed by atoms with Crippen molar-refractivity contribution in [3.63, 3.8) is 0 Å². The first kappa shape index (κ1) is 19.6. The molecule has 3 aliphatic rings. The van der Waals surface area contributed by atoms with Gasteiger partial charge < -0.3 is 19.4 Å². The molecule has 0 aromatic carbocycles. The van der Waals surface area contributed by atoms with E-state index in [2.05, 4.69) is 0 Å². The highest BCUT2D eigenvalue weighted by atomic mass is 16.6. The Hall–Kier alpha value is -1.70. The van der Waals surface area contributed by atoms with Crippen LogP contribution < -0.4 is 0 Å². The van der Waals surface area contributed by atoms with E-state index in [4.69, 9.17) is 9.15 Å². The number of imide groups is 1. The predicted molar refractivity (Wildman–Crippen MR) is 98.4 cm³/mol. The molecule has 1 saturated carbocycles. The number of ether oxygens (including phenoxy) is 1. The van der Waals surface area contributed by atoms with Crippen LogP contribution in [0.2, 0.25) is 0 Å². The second-order valence-corrected chi connectivity index (χ2v) is 8.71. The van der Waals surface area contributed by atoms with E-state index in [1.165, 1.54) is 4.90 Å². The molecule has 154 valence electrons. The third-order valence-corrected chi connectivity index (χ3v) is 6.78. The maximum Gasteiger partial charge on any atom is 0.233 e. The number of carbonyl (C=O) groups is 2. The van der Waals surface area contributed by atoms with Crippen molar-refractivity contribution in [1.29, 1.82) is 0 Å². The summed E-state index contributed by atoms with van der Waals surface area (Å²) in [5, 5.41) is 20.9. The van der Waals surface area contributed by atoms with E-state index in [0.29, 0.717) is 30.9 Å². The van der Waals surface area contributed by atoms with E-state index in [9.17, 15) is 19.8 Å². The van der Waals surface area contributed by atoms with Gasteiger partial charge in [0.25, 0.3) is 0 Å². The quantitative estimate of drug-likeness (QED) is 0.747. The van der Waals surface area contributed by atoms with E-state index >= 15 is 0 Å². The fourth-order valence-electron chi connectivity index (χ4n) is 5.51. The van der Waals surface area contributed by atoms with Gasteiger partial charge in [0.05, 0.1) is 11.8 Å². The summed E-state index contributed by atoms with van der Waals surface area (Å²) in [6.07, 6.45) is 1.08. The number of amides is 2. The lowest BCUT2D eigenvalue weighted by Gasteiger charge is -2.46. The van der Waals surface area contributed by atoms with E-state index < -0.39 is 23.7 Å². The second-order valence-electron chi connectivity index (χ2n) is 8.71. The summed E-state index contributed by atoms with van der Waals surface area (Å²) in [6, 6.07) is 3.42. The molecule has 6 atom stereocenters. The highest BCUT2D eigenvalue weighted by molar-refractivity contribution is 6.05. The van der Waals surface area contributed by atoms with Crippen LogP contribution in [0.3, 0.4) is 0 Å². The number of rotatable bonds is 5. The summed E-state index contributed by atoms with van der Waals surface area (Å²) in [7, 11) is 0. The Labute approximate surface area is 164 Å². The number of carbonyl (C=O) groups excluding carboxylic acids is 2. The van der Waals surface area contributed by atoms with Crippen LogP contribution in [0.4, 0.5) is 0 Å². The summed E-state index contributed by atoms with van der Waals surface area (Å²) in [5.41, 5.74) is 0. The van der Waals surface area contributed by atoms with Gasteiger partial charge in [0, 0.05) is 18.4 Å². The first-order chi connectivity index (χ1) is 13.3. The van der Waals surface area contributed by atoms with E-state index in [0.717, 1.165) is 6.42 Å². The van der Waals surface area contributed by atoms with Gasteiger partial charge in [-0.25, -0.2) is 0 Å². The van der Waals surface area contributed by atoms with Gasteiger partial charge in [0.1, 0.15) is 24.2 Å². The number of aliphatic hydroxyl groups is 2. The number of likely N-dealkylation sites (tertiary alicyclic amines) is 1. The number of hydrogen-bond donors (Lipinski definition) is 2. The Balaban J connectivity index is 1.70. The Bertz CT molecular complexity index is 773. The molecule has 2 saturated heterocycles. The monoisotopic (exact) mass is 391 g/mol. The average Bonchev–Trinajstić information content (AvgIpc) is 3.32. The van der Waals surface area contributed by atoms with Gasteiger partial charge in [-0.3, -0.25) is 14.5 Å². The zero-order valence-corrected chi connectivity index (χ0v) is 16.6. The summed E-state index contributed by atoms with van der Waals surface area (Å²) in [5.74, 6) is -2.31. The molecule has 0 bridgehead atoms. The van der Waals surface area contributed by atoms with Crippen LogP contribution >= 0.6 is 0 Å². The molecular weight excluding hydrogens is 362 g/mol. The van der Waals surface area contributed by atoms with Crippen molar-refractivity contribution in [2.75, 3.05) is 6.54 Å². The largest absolute Gasteiger partial charge is 0.461 e.